The van der Waals surface area contributed by atoms with Crippen molar-refractivity contribution in [2.45, 2.75) is 38.5 Å². The highest BCUT2D eigenvalue weighted by atomic mass is 32.2. The lowest BCUT2D eigenvalue weighted by Gasteiger charge is -2.17. The van der Waals surface area contributed by atoms with E-state index in [0.717, 1.165) is 24.1 Å². The van der Waals surface area contributed by atoms with Crippen LogP contribution in [0.2, 0.25) is 0 Å². The van der Waals surface area contributed by atoms with Crippen LogP contribution in [0.5, 0.6) is 5.75 Å². The first-order valence-corrected chi connectivity index (χ1v) is 15.5. The molecule has 1 aliphatic rings. The van der Waals surface area contributed by atoms with Gasteiger partial charge in [-0.25, -0.2) is 8.42 Å². The van der Waals surface area contributed by atoms with Crippen LogP contribution in [0.4, 0.5) is 5.69 Å². The molecule has 5 nitrogen and oxygen atoms in total. The summed E-state index contributed by atoms with van der Waals surface area (Å²) >= 11 is 3.55. The fraction of sp³-hybridized carbons (Fsp3) is 0.276. The zero-order chi connectivity index (χ0) is 26.2. The number of para-hydroxylation sites is 1. The van der Waals surface area contributed by atoms with Gasteiger partial charge in [0.25, 0.3) is 0 Å². The Morgan fingerprint density at radius 3 is 2.30 bits per heavy atom. The van der Waals surface area contributed by atoms with E-state index in [2.05, 4.69) is 54.8 Å². The van der Waals surface area contributed by atoms with Crippen molar-refractivity contribution in [2.24, 2.45) is 0 Å². The molecule has 0 bridgehead atoms. The van der Waals surface area contributed by atoms with Crippen molar-refractivity contribution < 1.29 is 22.7 Å². The molecule has 0 fully saturated rings. The van der Waals surface area contributed by atoms with E-state index in [9.17, 15) is 18.1 Å². The Labute approximate surface area is 226 Å². The Morgan fingerprint density at radius 1 is 0.865 bits per heavy atom. The molecule has 0 unspecified atom stereocenters. The number of benzene rings is 2. The minimum atomic E-state index is -4.23. The van der Waals surface area contributed by atoms with Crippen molar-refractivity contribution in [1.82, 2.24) is 0 Å². The predicted octanol–water partition coefficient (Wildman–Crippen LogP) is 6.79. The number of aryl methyl sites for hydroxylation is 1. The van der Waals surface area contributed by atoms with Gasteiger partial charge in [-0.05, 0) is 74.4 Å². The number of phenols is 1. The summed E-state index contributed by atoms with van der Waals surface area (Å²) in [5.41, 5.74) is 4.54. The van der Waals surface area contributed by atoms with Crippen LogP contribution in [-0.2, 0) is 22.0 Å². The molecule has 3 heterocycles. The number of hydrogen-bond acceptors (Lipinski definition) is 6. The maximum absolute atomic E-state index is 11.2. The van der Waals surface area contributed by atoms with Crippen molar-refractivity contribution in [1.29, 1.82) is 0 Å². The highest BCUT2D eigenvalue weighted by Gasteiger charge is 2.44. The van der Waals surface area contributed by atoms with Crippen molar-refractivity contribution in [3.05, 3.63) is 83.2 Å². The molecule has 0 saturated heterocycles. The third-order valence-electron chi connectivity index (χ3n) is 6.96. The lowest BCUT2D eigenvalue weighted by atomic mass is 9.80. The van der Waals surface area contributed by atoms with E-state index in [1.165, 1.54) is 30.8 Å². The van der Waals surface area contributed by atoms with E-state index in [4.69, 9.17) is 0 Å². The summed E-state index contributed by atoms with van der Waals surface area (Å²) in [7, 11) is -4.23. The van der Waals surface area contributed by atoms with Crippen molar-refractivity contribution >= 4 is 44.2 Å². The molecule has 37 heavy (non-hydrogen) atoms. The zero-order valence-electron chi connectivity index (χ0n) is 20.8. The summed E-state index contributed by atoms with van der Waals surface area (Å²) in [5.74, 6) is -0.0792. The fourth-order valence-corrected chi connectivity index (χ4v) is 7.71. The van der Waals surface area contributed by atoms with Crippen LogP contribution in [0.1, 0.15) is 37.1 Å². The van der Waals surface area contributed by atoms with E-state index in [1.807, 2.05) is 24.3 Å². The first-order valence-electron chi connectivity index (χ1n) is 12.3. The Kier molecular flexibility index (Phi) is 7.11. The molecule has 8 heteroatoms. The van der Waals surface area contributed by atoms with Crippen LogP contribution in [0.25, 0.3) is 20.2 Å². The summed E-state index contributed by atoms with van der Waals surface area (Å²) in [6, 6.07) is 24.2. The van der Waals surface area contributed by atoms with Gasteiger partial charge in [-0.3, -0.25) is 0 Å². The number of nitrogens with zero attached hydrogens (tertiary/aromatic N) is 1. The van der Waals surface area contributed by atoms with Gasteiger partial charge in [0, 0.05) is 49.7 Å². The molecule has 1 aliphatic heterocycles. The van der Waals surface area contributed by atoms with Crippen LogP contribution in [-0.4, -0.2) is 40.7 Å². The average Bonchev–Trinajstić information content (AvgIpc) is 3.56. The molecule has 0 atom stereocenters. The monoisotopic (exact) mass is 551 g/mol. The van der Waals surface area contributed by atoms with Gasteiger partial charge in [-0.2, -0.15) is 4.58 Å². The summed E-state index contributed by atoms with van der Waals surface area (Å²) in [6.07, 6.45) is 2.06. The van der Waals surface area contributed by atoms with Gasteiger partial charge in [-0.1, -0.05) is 18.2 Å². The quantitative estimate of drug-likeness (QED) is 0.183. The van der Waals surface area contributed by atoms with Crippen LogP contribution < -0.4 is 0 Å². The van der Waals surface area contributed by atoms with Gasteiger partial charge in [0.05, 0.1) is 15.5 Å². The van der Waals surface area contributed by atoms with Gasteiger partial charge in [0.2, 0.25) is 5.69 Å². The third-order valence-corrected chi connectivity index (χ3v) is 10.2. The molecule has 0 aliphatic carbocycles. The lowest BCUT2D eigenvalue weighted by molar-refractivity contribution is -0.439. The summed E-state index contributed by atoms with van der Waals surface area (Å²) < 4.78 is 35.8. The second kappa shape index (κ2) is 10.2. The number of hydrogen-bond donors (Lipinski definition) is 1. The second-order valence-electron chi connectivity index (χ2n) is 9.83. The minimum Gasteiger partial charge on any atom is -0.748 e. The normalized spacial score (nSPS) is 14.8. The van der Waals surface area contributed by atoms with Gasteiger partial charge >= 0.3 is 0 Å². The third kappa shape index (κ3) is 5.57. The van der Waals surface area contributed by atoms with E-state index in [-0.39, 0.29) is 16.9 Å². The first-order chi connectivity index (χ1) is 17.6. The van der Waals surface area contributed by atoms with Crippen LogP contribution in [0.15, 0.2) is 72.8 Å². The second-order valence-corrected chi connectivity index (χ2v) is 13.6. The largest absolute Gasteiger partial charge is 0.748 e. The van der Waals surface area contributed by atoms with E-state index in [1.54, 1.807) is 34.8 Å². The Morgan fingerprint density at radius 2 is 1.54 bits per heavy atom. The van der Waals surface area contributed by atoms with Gasteiger partial charge in [0.1, 0.15) is 12.3 Å². The number of rotatable bonds is 9. The van der Waals surface area contributed by atoms with Crippen molar-refractivity contribution in [3.8, 4) is 25.9 Å². The lowest BCUT2D eigenvalue weighted by Crippen LogP contribution is -2.30. The molecule has 4 aromatic rings. The molecule has 5 rings (SSSR count). The molecule has 0 amide bonds. The predicted molar refractivity (Wildman–Crippen MR) is 151 cm³/mol. The maximum Gasteiger partial charge on any atom is 0.209 e. The van der Waals surface area contributed by atoms with Crippen molar-refractivity contribution in [3.63, 3.8) is 0 Å². The fourth-order valence-electron chi connectivity index (χ4n) is 5.12. The maximum atomic E-state index is 11.2. The highest BCUT2D eigenvalue weighted by Crippen LogP contribution is 2.42. The molecule has 0 radical (unpaired) electrons. The van der Waals surface area contributed by atoms with E-state index in [0.29, 0.717) is 13.0 Å². The molecular formula is C29H29NO4S3. The summed E-state index contributed by atoms with van der Waals surface area (Å²) in [6.45, 7) is 4.96. The van der Waals surface area contributed by atoms with Crippen LogP contribution >= 0.6 is 22.7 Å². The Balaban J connectivity index is 1.34. The van der Waals surface area contributed by atoms with E-state index >= 15 is 0 Å². The molecule has 1 N–H and O–H groups in total. The van der Waals surface area contributed by atoms with Crippen molar-refractivity contribution in [2.75, 3.05) is 12.3 Å². The number of aromatic hydroxyl groups is 1. The molecule has 192 valence electrons. The van der Waals surface area contributed by atoms with Gasteiger partial charge in [0.15, 0.2) is 5.71 Å². The smallest absolute Gasteiger partial charge is 0.209 e. The number of fused-ring (bicyclic) bond motifs is 1. The summed E-state index contributed by atoms with van der Waals surface area (Å²) in [4.78, 5) is 4.93. The van der Waals surface area contributed by atoms with Crippen LogP contribution in [0.3, 0.4) is 0 Å². The van der Waals surface area contributed by atoms with E-state index < -0.39 is 10.1 Å². The average molecular weight is 552 g/mol. The molecular weight excluding hydrogens is 523 g/mol. The molecule has 0 spiro atoms. The van der Waals surface area contributed by atoms with Gasteiger partial charge < -0.3 is 9.66 Å². The molecule has 0 saturated carbocycles. The summed E-state index contributed by atoms with van der Waals surface area (Å²) in [5, 5.41) is 9.56. The Hall–Kier alpha value is -2.78. The SMILES string of the molecule is CC1(C)C(CCc2ccc(-c3ccc(-c4ccc(O)cc4)s3)s2)=[N+](CCCS(=O)(=O)[O-])c2ccccc21. The van der Waals surface area contributed by atoms with Gasteiger partial charge in [-0.15, -0.1) is 22.7 Å². The Bertz CT molecular complexity index is 1560. The minimum absolute atomic E-state index is 0.167. The first kappa shape index (κ1) is 25.9. The molecule has 2 aromatic heterocycles. The van der Waals surface area contributed by atoms with Crippen LogP contribution in [0, 0.1) is 0 Å². The number of thiophene rings is 2. The topological polar surface area (TPSA) is 80.4 Å². The standard InChI is InChI=1S/C29H29NO4S3/c1-29(2)23-6-3-4-7-24(23)30(18-5-19-37(32,33)34)28(29)17-13-22-12-14-26(35-22)27-16-15-25(36-27)20-8-10-21(31)11-9-20/h3-4,6-12,14-16H,5,13,17-19H2,1-2H3,(H-,31,32,33,34). The molecule has 2 aromatic carbocycles. The zero-order valence-corrected chi connectivity index (χ0v) is 23.3. The number of phenolic OH excluding ortho intramolecular Hbond substituents is 1. The highest BCUT2D eigenvalue weighted by molar-refractivity contribution is 7.85.